The molecule has 1 atom stereocenters. The van der Waals surface area contributed by atoms with Crippen LogP contribution in [-0.2, 0) is 4.79 Å². The lowest BCUT2D eigenvalue weighted by atomic mass is 10.1. The molecule has 7 heteroatoms. The Bertz CT molecular complexity index is 879. The van der Waals surface area contributed by atoms with Crippen LogP contribution >= 0.6 is 23.1 Å². The summed E-state index contributed by atoms with van der Waals surface area (Å²) in [5.74, 6) is 0.259. The number of carbonyl (C=O) groups excluding carboxylic acids is 1. The smallest absolute Gasteiger partial charge is 0.230 e. The Morgan fingerprint density at radius 3 is 2.80 bits per heavy atom. The lowest BCUT2D eigenvalue weighted by Crippen LogP contribution is -2.33. The van der Waals surface area contributed by atoms with Gasteiger partial charge in [-0.15, -0.1) is 11.3 Å². The first-order valence-corrected chi connectivity index (χ1v) is 9.77. The Morgan fingerprint density at radius 1 is 1.28 bits per heavy atom. The van der Waals surface area contributed by atoms with Crippen LogP contribution in [0.15, 0.2) is 41.7 Å². The van der Waals surface area contributed by atoms with Crippen molar-refractivity contribution in [1.29, 1.82) is 0 Å². The molecule has 25 heavy (non-hydrogen) atoms. The number of carbonyl (C=O) groups is 1. The van der Waals surface area contributed by atoms with Crippen LogP contribution < -0.4 is 11.1 Å². The Labute approximate surface area is 155 Å². The predicted octanol–water partition coefficient (Wildman–Crippen LogP) is 3.22. The average molecular weight is 373 g/mol. The van der Waals surface area contributed by atoms with E-state index in [1.54, 1.807) is 17.7 Å². The minimum atomic E-state index is -0.206. The summed E-state index contributed by atoms with van der Waals surface area (Å²) in [4.78, 5) is 23.0. The first-order chi connectivity index (χ1) is 12.1. The Kier molecular flexibility index (Phi) is 5.67. The van der Waals surface area contributed by atoms with Gasteiger partial charge in [-0.05, 0) is 25.0 Å². The van der Waals surface area contributed by atoms with Crippen molar-refractivity contribution in [1.82, 2.24) is 15.3 Å². The van der Waals surface area contributed by atoms with E-state index in [9.17, 15) is 4.79 Å². The van der Waals surface area contributed by atoms with Crippen LogP contribution in [-0.4, -0.2) is 28.2 Å². The van der Waals surface area contributed by atoms with Gasteiger partial charge in [0.25, 0.3) is 0 Å². The molecule has 0 fully saturated rings. The number of aromatic nitrogens is 2. The normalized spacial score (nSPS) is 12.3. The quantitative estimate of drug-likeness (QED) is 0.513. The Morgan fingerprint density at radius 2 is 2.04 bits per heavy atom. The van der Waals surface area contributed by atoms with Crippen LogP contribution in [0.25, 0.3) is 10.2 Å². The molecule has 130 valence electrons. The van der Waals surface area contributed by atoms with Gasteiger partial charge < -0.3 is 11.1 Å². The lowest BCUT2D eigenvalue weighted by molar-refractivity contribution is -0.118. The number of nitrogens with zero attached hydrogens (tertiary/aromatic N) is 2. The molecule has 1 aromatic carbocycles. The number of thiophene rings is 1. The highest BCUT2D eigenvalue weighted by atomic mass is 32.2. The number of rotatable bonds is 6. The molecule has 0 bridgehead atoms. The van der Waals surface area contributed by atoms with Gasteiger partial charge in [-0.1, -0.05) is 42.1 Å². The molecule has 2 aromatic heterocycles. The van der Waals surface area contributed by atoms with E-state index in [0.29, 0.717) is 12.3 Å². The van der Waals surface area contributed by atoms with E-state index in [1.807, 2.05) is 30.3 Å². The molecule has 3 rings (SSSR count). The highest BCUT2D eigenvalue weighted by molar-refractivity contribution is 8.00. The molecule has 1 unspecified atom stereocenters. The van der Waals surface area contributed by atoms with Gasteiger partial charge in [0.2, 0.25) is 5.91 Å². The van der Waals surface area contributed by atoms with E-state index in [1.165, 1.54) is 22.2 Å². The SMILES string of the molecule is Cc1sc2ncnc(SCC(=O)NCC(N)c3ccccc3)c2c1C. The van der Waals surface area contributed by atoms with Crippen LogP contribution in [0.4, 0.5) is 0 Å². The second-order valence-electron chi connectivity index (χ2n) is 5.75. The molecule has 5 nitrogen and oxygen atoms in total. The first kappa shape index (κ1) is 17.8. The van der Waals surface area contributed by atoms with Crippen LogP contribution in [0.2, 0.25) is 0 Å². The van der Waals surface area contributed by atoms with Crippen molar-refractivity contribution in [2.75, 3.05) is 12.3 Å². The number of benzene rings is 1. The van der Waals surface area contributed by atoms with Crippen molar-refractivity contribution < 1.29 is 4.79 Å². The van der Waals surface area contributed by atoms with E-state index in [-0.39, 0.29) is 11.9 Å². The van der Waals surface area contributed by atoms with Crippen LogP contribution in [0.5, 0.6) is 0 Å². The Hall–Kier alpha value is -1.96. The van der Waals surface area contributed by atoms with Crippen LogP contribution in [0.1, 0.15) is 22.0 Å². The number of fused-ring (bicyclic) bond motifs is 1. The average Bonchev–Trinajstić information content (AvgIpc) is 2.93. The number of thioether (sulfide) groups is 1. The number of nitrogens with two attached hydrogens (primary N) is 1. The third-order valence-corrected chi connectivity index (χ3v) is 6.12. The van der Waals surface area contributed by atoms with Crippen LogP contribution in [0, 0.1) is 13.8 Å². The summed E-state index contributed by atoms with van der Waals surface area (Å²) in [6, 6.07) is 9.55. The summed E-state index contributed by atoms with van der Waals surface area (Å²) < 4.78 is 0. The molecule has 0 aliphatic carbocycles. The van der Waals surface area contributed by atoms with Gasteiger partial charge in [-0.2, -0.15) is 0 Å². The monoisotopic (exact) mass is 372 g/mol. The molecule has 3 N–H and O–H groups in total. The number of hydrogen-bond donors (Lipinski definition) is 2. The summed E-state index contributed by atoms with van der Waals surface area (Å²) in [6.45, 7) is 4.56. The zero-order chi connectivity index (χ0) is 17.8. The summed E-state index contributed by atoms with van der Waals surface area (Å²) in [5, 5.41) is 4.81. The molecule has 0 spiro atoms. The molecule has 0 saturated heterocycles. The summed E-state index contributed by atoms with van der Waals surface area (Å²) in [7, 11) is 0. The first-order valence-electron chi connectivity index (χ1n) is 7.97. The summed E-state index contributed by atoms with van der Waals surface area (Å²) >= 11 is 3.09. The van der Waals surface area contributed by atoms with Crippen molar-refractivity contribution in [2.45, 2.75) is 24.9 Å². The van der Waals surface area contributed by atoms with E-state index in [0.717, 1.165) is 20.8 Å². The minimum absolute atomic E-state index is 0.0484. The molecule has 0 aliphatic heterocycles. The minimum Gasteiger partial charge on any atom is -0.353 e. The predicted molar refractivity (Wildman–Crippen MR) is 104 cm³/mol. The van der Waals surface area contributed by atoms with Gasteiger partial charge in [0.05, 0.1) is 5.75 Å². The zero-order valence-electron chi connectivity index (χ0n) is 14.2. The number of amides is 1. The molecule has 0 saturated carbocycles. The van der Waals surface area contributed by atoms with Crippen molar-refractivity contribution >= 4 is 39.2 Å². The molecule has 1 amide bonds. The lowest BCUT2D eigenvalue weighted by Gasteiger charge is -2.13. The van der Waals surface area contributed by atoms with Crippen molar-refractivity contribution in [3.63, 3.8) is 0 Å². The second kappa shape index (κ2) is 7.95. The highest BCUT2D eigenvalue weighted by Gasteiger charge is 2.14. The van der Waals surface area contributed by atoms with Gasteiger partial charge in [0, 0.05) is 22.8 Å². The maximum atomic E-state index is 12.2. The number of aryl methyl sites for hydroxylation is 2. The fourth-order valence-corrected chi connectivity index (χ4v) is 4.43. The highest BCUT2D eigenvalue weighted by Crippen LogP contribution is 2.34. The topological polar surface area (TPSA) is 80.9 Å². The standard InChI is InChI=1S/C18H20N4OS2/c1-11-12(2)25-18-16(11)17(21-10-22-18)24-9-15(23)20-8-14(19)13-6-4-3-5-7-13/h3-7,10,14H,8-9,19H2,1-2H3,(H,20,23). The Balaban J connectivity index is 1.58. The second-order valence-corrected chi connectivity index (χ2v) is 7.92. The van der Waals surface area contributed by atoms with E-state index in [4.69, 9.17) is 5.73 Å². The van der Waals surface area contributed by atoms with E-state index in [2.05, 4.69) is 29.1 Å². The maximum absolute atomic E-state index is 12.2. The van der Waals surface area contributed by atoms with Crippen molar-refractivity contribution in [2.24, 2.45) is 5.73 Å². The molecular formula is C18H20N4OS2. The summed E-state index contributed by atoms with van der Waals surface area (Å²) in [5.41, 5.74) is 8.31. The number of hydrogen-bond acceptors (Lipinski definition) is 6. The van der Waals surface area contributed by atoms with Gasteiger partial charge >= 0.3 is 0 Å². The third-order valence-electron chi connectivity index (χ3n) is 4.02. The van der Waals surface area contributed by atoms with Crippen molar-refractivity contribution in [3.05, 3.63) is 52.7 Å². The third kappa shape index (κ3) is 4.18. The molecular weight excluding hydrogens is 352 g/mol. The fraction of sp³-hybridized carbons (Fsp3) is 0.278. The number of nitrogens with one attached hydrogen (secondary N) is 1. The molecule has 2 heterocycles. The van der Waals surface area contributed by atoms with Gasteiger partial charge in [0.15, 0.2) is 0 Å². The fourth-order valence-electron chi connectivity index (χ4n) is 2.49. The van der Waals surface area contributed by atoms with E-state index >= 15 is 0 Å². The zero-order valence-corrected chi connectivity index (χ0v) is 15.8. The summed E-state index contributed by atoms with van der Waals surface area (Å²) in [6.07, 6.45) is 1.56. The largest absolute Gasteiger partial charge is 0.353 e. The molecule has 3 aromatic rings. The van der Waals surface area contributed by atoms with Crippen LogP contribution in [0.3, 0.4) is 0 Å². The molecule has 0 aliphatic rings. The van der Waals surface area contributed by atoms with Crippen molar-refractivity contribution in [3.8, 4) is 0 Å². The van der Waals surface area contributed by atoms with E-state index < -0.39 is 0 Å². The maximum Gasteiger partial charge on any atom is 0.230 e. The van der Waals surface area contributed by atoms with Gasteiger partial charge in [-0.3, -0.25) is 4.79 Å². The van der Waals surface area contributed by atoms with Gasteiger partial charge in [-0.25, -0.2) is 9.97 Å². The molecule has 0 radical (unpaired) electrons. The van der Waals surface area contributed by atoms with Gasteiger partial charge in [0.1, 0.15) is 16.2 Å².